The molecule has 1 saturated heterocycles. The molecule has 2 aromatic heterocycles. The minimum atomic E-state index is -3.76. The second-order valence-corrected chi connectivity index (χ2v) is 7.77. The lowest BCUT2D eigenvalue weighted by Gasteiger charge is -2.24. The number of nitrogens with one attached hydrogen (secondary N) is 1. The summed E-state index contributed by atoms with van der Waals surface area (Å²) in [5, 5.41) is 10.8. The van der Waals surface area contributed by atoms with Gasteiger partial charge >= 0.3 is 0 Å². The zero-order chi connectivity index (χ0) is 16.4. The van der Waals surface area contributed by atoms with Crippen molar-refractivity contribution in [3.05, 3.63) is 22.9 Å². The molecule has 0 aliphatic carbocycles. The highest BCUT2D eigenvalue weighted by atomic mass is 32.2. The van der Waals surface area contributed by atoms with Crippen LogP contribution in [0.2, 0.25) is 0 Å². The highest BCUT2D eigenvalue weighted by molar-refractivity contribution is 7.89. The minimum absolute atomic E-state index is 0.107. The predicted molar refractivity (Wildman–Crippen MR) is 80.9 cm³/mol. The van der Waals surface area contributed by atoms with Crippen molar-refractivity contribution in [2.75, 3.05) is 31.6 Å². The molecular weight excluding hydrogens is 344 g/mol. The van der Waals surface area contributed by atoms with Crippen LogP contribution < -0.4 is 5.32 Å². The molecule has 11 heteroatoms. The van der Waals surface area contributed by atoms with Gasteiger partial charge in [-0.25, -0.2) is 8.42 Å². The van der Waals surface area contributed by atoms with Gasteiger partial charge in [0.2, 0.25) is 10.2 Å². The number of carbonyl (C=O) groups is 1. The number of aromatic nitrogens is 2. The first-order valence-electron chi connectivity index (χ1n) is 6.76. The predicted octanol–water partition coefficient (Wildman–Crippen LogP) is 0.713. The Morgan fingerprint density at radius 3 is 2.70 bits per heavy atom. The third-order valence-electron chi connectivity index (χ3n) is 3.12. The first kappa shape index (κ1) is 16.1. The molecule has 0 bridgehead atoms. The third-order valence-corrected chi connectivity index (χ3v) is 5.64. The average Bonchev–Trinajstić information content (AvgIpc) is 3.18. The van der Waals surface area contributed by atoms with Crippen LogP contribution in [0.25, 0.3) is 0 Å². The molecule has 1 fully saturated rings. The Kier molecular flexibility index (Phi) is 4.43. The van der Waals surface area contributed by atoms with E-state index in [0.29, 0.717) is 23.4 Å². The smallest absolute Gasteiger partial charge is 0.293 e. The second kappa shape index (κ2) is 6.35. The fourth-order valence-electron chi connectivity index (χ4n) is 2.00. The van der Waals surface area contributed by atoms with E-state index in [1.54, 1.807) is 6.92 Å². The number of aryl methyl sites for hydroxylation is 1. The molecule has 0 atom stereocenters. The molecule has 2 aromatic rings. The lowest BCUT2D eigenvalue weighted by Crippen LogP contribution is -2.40. The number of furan rings is 1. The molecule has 124 valence electrons. The van der Waals surface area contributed by atoms with Crippen LogP contribution in [0, 0.1) is 6.92 Å². The summed E-state index contributed by atoms with van der Waals surface area (Å²) in [6.07, 6.45) is 0. The quantitative estimate of drug-likeness (QED) is 0.856. The maximum Gasteiger partial charge on any atom is 0.293 e. The maximum atomic E-state index is 12.4. The van der Waals surface area contributed by atoms with Gasteiger partial charge in [-0.15, -0.1) is 10.2 Å². The number of hydrogen-bond acceptors (Lipinski definition) is 8. The van der Waals surface area contributed by atoms with Crippen molar-refractivity contribution in [1.82, 2.24) is 14.5 Å². The Balaban J connectivity index is 1.75. The second-order valence-electron chi connectivity index (χ2n) is 4.72. The summed E-state index contributed by atoms with van der Waals surface area (Å²) in [7, 11) is -3.76. The first-order chi connectivity index (χ1) is 11.0. The topological polar surface area (TPSA) is 115 Å². The summed E-state index contributed by atoms with van der Waals surface area (Å²) in [5.41, 5.74) is 0. The number of amides is 1. The molecule has 1 amide bonds. The number of carbonyl (C=O) groups excluding carboxylic acids is 1. The van der Waals surface area contributed by atoms with Gasteiger partial charge < -0.3 is 9.15 Å². The Morgan fingerprint density at radius 2 is 2.04 bits per heavy atom. The molecule has 23 heavy (non-hydrogen) atoms. The van der Waals surface area contributed by atoms with E-state index in [1.807, 2.05) is 0 Å². The number of nitrogens with zero attached hydrogens (tertiary/aromatic N) is 3. The Labute approximate surface area is 136 Å². The van der Waals surface area contributed by atoms with Crippen LogP contribution in [0.3, 0.4) is 0 Å². The summed E-state index contributed by atoms with van der Waals surface area (Å²) < 4.78 is 36.4. The van der Waals surface area contributed by atoms with E-state index >= 15 is 0 Å². The van der Waals surface area contributed by atoms with Crippen molar-refractivity contribution in [3.8, 4) is 0 Å². The van der Waals surface area contributed by atoms with Gasteiger partial charge in [0.15, 0.2) is 5.76 Å². The van der Waals surface area contributed by atoms with Crippen LogP contribution in [-0.4, -0.2) is 55.1 Å². The van der Waals surface area contributed by atoms with E-state index < -0.39 is 15.9 Å². The van der Waals surface area contributed by atoms with Crippen molar-refractivity contribution < 1.29 is 22.4 Å². The number of morpholine rings is 1. The standard InChI is InChI=1S/C12H14N4O5S2/c1-8-14-15-12(22-8)13-11(17)9-2-3-10(21-9)23(18,19)16-4-6-20-7-5-16/h2-3H,4-7H2,1H3,(H,13,15,17). The number of ether oxygens (including phenoxy) is 1. The van der Waals surface area contributed by atoms with E-state index in [4.69, 9.17) is 9.15 Å². The van der Waals surface area contributed by atoms with E-state index in [2.05, 4.69) is 15.5 Å². The van der Waals surface area contributed by atoms with Crippen LogP contribution >= 0.6 is 11.3 Å². The molecule has 9 nitrogen and oxygen atoms in total. The summed E-state index contributed by atoms with van der Waals surface area (Å²) in [4.78, 5) is 12.0. The molecule has 0 saturated carbocycles. The van der Waals surface area contributed by atoms with Crippen LogP contribution in [0.4, 0.5) is 5.13 Å². The molecule has 1 aliphatic rings. The van der Waals surface area contributed by atoms with E-state index in [9.17, 15) is 13.2 Å². The minimum Gasteiger partial charge on any atom is -0.438 e. The van der Waals surface area contributed by atoms with Gasteiger partial charge in [-0.3, -0.25) is 10.1 Å². The van der Waals surface area contributed by atoms with Crippen LogP contribution in [-0.2, 0) is 14.8 Å². The zero-order valence-electron chi connectivity index (χ0n) is 12.2. The first-order valence-corrected chi connectivity index (χ1v) is 9.01. The molecular formula is C12H14N4O5S2. The van der Waals surface area contributed by atoms with Gasteiger partial charge in [-0.1, -0.05) is 11.3 Å². The Bertz CT molecular complexity index is 807. The van der Waals surface area contributed by atoms with Crippen molar-refractivity contribution in [2.24, 2.45) is 0 Å². The van der Waals surface area contributed by atoms with Crippen LogP contribution in [0.1, 0.15) is 15.6 Å². The highest BCUT2D eigenvalue weighted by Gasteiger charge is 2.30. The summed E-state index contributed by atoms with van der Waals surface area (Å²) in [5.74, 6) is -0.686. The monoisotopic (exact) mass is 358 g/mol. The van der Waals surface area contributed by atoms with Gasteiger partial charge in [-0.05, 0) is 19.1 Å². The zero-order valence-corrected chi connectivity index (χ0v) is 13.8. The fraction of sp³-hybridized carbons (Fsp3) is 0.417. The lowest BCUT2D eigenvalue weighted by molar-refractivity contribution is 0.0723. The molecule has 3 rings (SSSR count). The van der Waals surface area contributed by atoms with Gasteiger partial charge in [0, 0.05) is 13.1 Å². The largest absolute Gasteiger partial charge is 0.438 e. The number of anilines is 1. The van der Waals surface area contributed by atoms with Gasteiger partial charge in [-0.2, -0.15) is 4.31 Å². The third kappa shape index (κ3) is 3.42. The summed E-state index contributed by atoms with van der Waals surface area (Å²) in [6.45, 7) is 2.95. The van der Waals surface area contributed by atoms with Crippen molar-refractivity contribution >= 4 is 32.4 Å². The molecule has 1 N–H and O–H groups in total. The normalized spacial score (nSPS) is 16.4. The van der Waals surface area contributed by atoms with E-state index in [-0.39, 0.29) is 23.9 Å². The number of sulfonamides is 1. The fourth-order valence-corrected chi connectivity index (χ4v) is 3.91. The van der Waals surface area contributed by atoms with Crippen molar-refractivity contribution in [3.63, 3.8) is 0 Å². The summed E-state index contributed by atoms with van der Waals surface area (Å²) in [6, 6.07) is 2.58. The molecule has 3 heterocycles. The van der Waals surface area contributed by atoms with Gasteiger partial charge in [0.1, 0.15) is 5.01 Å². The Morgan fingerprint density at radius 1 is 1.30 bits per heavy atom. The summed E-state index contributed by atoms with van der Waals surface area (Å²) >= 11 is 1.21. The molecule has 0 radical (unpaired) electrons. The molecule has 0 aromatic carbocycles. The average molecular weight is 358 g/mol. The van der Waals surface area contributed by atoms with Crippen LogP contribution in [0.5, 0.6) is 0 Å². The highest BCUT2D eigenvalue weighted by Crippen LogP contribution is 2.21. The van der Waals surface area contributed by atoms with Crippen LogP contribution in [0.15, 0.2) is 21.6 Å². The van der Waals surface area contributed by atoms with Gasteiger partial charge in [0.05, 0.1) is 13.2 Å². The molecule has 1 aliphatic heterocycles. The number of hydrogen-bond donors (Lipinski definition) is 1. The van der Waals surface area contributed by atoms with Crippen molar-refractivity contribution in [2.45, 2.75) is 12.0 Å². The lowest BCUT2D eigenvalue weighted by atomic mass is 10.4. The SMILES string of the molecule is Cc1nnc(NC(=O)c2ccc(S(=O)(=O)N3CCOCC3)o2)s1. The van der Waals surface area contributed by atoms with Crippen molar-refractivity contribution in [1.29, 1.82) is 0 Å². The van der Waals surface area contributed by atoms with E-state index in [1.165, 1.54) is 27.8 Å². The molecule has 0 spiro atoms. The van der Waals surface area contributed by atoms with Gasteiger partial charge in [0.25, 0.3) is 15.9 Å². The Hall–Kier alpha value is -1.82. The van der Waals surface area contributed by atoms with E-state index in [0.717, 1.165) is 0 Å². The molecule has 0 unspecified atom stereocenters. The number of rotatable bonds is 4. The maximum absolute atomic E-state index is 12.4.